The van der Waals surface area contributed by atoms with E-state index in [9.17, 15) is 10.1 Å². The third-order valence-electron chi connectivity index (χ3n) is 3.93. The van der Waals surface area contributed by atoms with Crippen LogP contribution in [0.4, 0.5) is 5.69 Å². The number of hydrogen-bond donors (Lipinski definition) is 1. The zero-order valence-electron chi connectivity index (χ0n) is 12.9. The highest BCUT2D eigenvalue weighted by Gasteiger charge is 2.15. The van der Waals surface area contributed by atoms with Crippen molar-refractivity contribution >= 4 is 11.5 Å². The maximum absolute atomic E-state index is 11.5. The topological polar surface area (TPSA) is 56.1 Å². The molecule has 0 aromatic heterocycles. The number of Topliss-reactive ketones (excluding diaryl/α,β-unsaturated/α-hetero) is 1. The molecule has 1 aromatic carbocycles. The van der Waals surface area contributed by atoms with Crippen molar-refractivity contribution in [3.8, 4) is 6.07 Å². The van der Waals surface area contributed by atoms with Gasteiger partial charge in [0.05, 0.1) is 11.3 Å². The molecule has 4 nitrogen and oxygen atoms in total. The van der Waals surface area contributed by atoms with Gasteiger partial charge in [-0.2, -0.15) is 5.26 Å². The molecule has 1 fully saturated rings. The van der Waals surface area contributed by atoms with Crippen LogP contribution < -0.4 is 5.32 Å². The van der Waals surface area contributed by atoms with Gasteiger partial charge >= 0.3 is 0 Å². The van der Waals surface area contributed by atoms with Gasteiger partial charge in [-0.05, 0) is 58.0 Å². The number of carbonyl (C=O) groups excluding carboxylic acids is 1. The first kappa shape index (κ1) is 15.5. The molecular formula is C17H23N3O. The van der Waals surface area contributed by atoms with Crippen molar-refractivity contribution < 1.29 is 4.79 Å². The Morgan fingerprint density at radius 1 is 1.38 bits per heavy atom. The fourth-order valence-electron chi connectivity index (χ4n) is 2.82. The lowest BCUT2D eigenvalue weighted by molar-refractivity contribution is 0.101. The van der Waals surface area contributed by atoms with E-state index in [1.807, 2.05) is 0 Å². The van der Waals surface area contributed by atoms with E-state index in [2.05, 4.69) is 23.2 Å². The minimum Gasteiger partial charge on any atom is -0.380 e. The van der Waals surface area contributed by atoms with Crippen molar-refractivity contribution in [3.63, 3.8) is 0 Å². The van der Waals surface area contributed by atoms with Crippen LogP contribution in [0.1, 0.15) is 49.0 Å². The average Bonchev–Trinajstić information content (AvgIpc) is 2.48. The minimum absolute atomic E-state index is 0.0197. The van der Waals surface area contributed by atoms with Crippen LogP contribution in [0, 0.1) is 11.3 Å². The first-order chi connectivity index (χ1) is 10.1. The molecule has 2 rings (SSSR count). The van der Waals surface area contributed by atoms with Crippen LogP contribution in [0.15, 0.2) is 18.2 Å². The van der Waals surface area contributed by atoms with Crippen LogP contribution in [0.2, 0.25) is 0 Å². The predicted octanol–water partition coefficient (Wildman–Crippen LogP) is 3.05. The Hall–Kier alpha value is -1.86. The number of rotatable bonds is 5. The lowest BCUT2D eigenvalue weighted by Crippen LogP contribution is -2.38. The van der Waals surface area contributed by atoms with Gasteiger partial charge in [0.15, 0.2) is 5.78 Å². The number of nitriles is 1. The summed E-state index contributed by atoms with van der Waals surface area (Å²) < 4.78 is 0. The predicted molar refractivity (Wildman–Crippen MR) is 84.5 cm³/mol. The van der Waals surface area contributed by atoms with Crippen molar-refractivity contribution in [3.05, 3.63) is 29.3 Å². The molecule has 21 heavy (non-hydrogen) atoms. The summed E-state index contributed by atoms with van der Waals surface area (Å²) in [5, 5.41) is 12.6. The van der Waals surface area contributed by atoms with E-state index in [-0.39, 0.29) is 11.8 Å². The van der Waals surface area contributed by atoms with E-state index < -0.39 is 0 Å². The molecule has 1 aromatic rings. The zero-order chi connectivity index (χ0) is 15.2. The number of hydrogen-bond acceptors (Lipinski definition) is 4. The number of nitrogens with one attached hydrogen (secondary N) is 1. The number of likely N-dealkylation sites (tertiary alicyclic amines) is 1. The van der Waals surface area contributed by atoms with Crippen molar-refractivity contribution in [1.29, 1.82) is 5.26 Å². The number of piperidine rings is 1. The molecule has 0 bridgehead atoms. The first-order valence-electron chi connectivity index (χ1n) is 7.64. The third-order valence-corrected chi connectivity index (χ3v) is 3.93. The fraction of sp³-hybridized carbons (Fsp3) is 0.529. The highest BCUT2D eigenvalue weighted by atomic mass is 16.1. The lowest BCUT2D eigenvalue weighted by atomic mass is 10.1. The van der Waals surface area contributed by atoms with E-state index >= 15 is 0 Å². The molecular weight excluding hydrogens is 262 g/mol. The summed E-state index contributed by atoms with van der Waals surface area (Å²) in [6, 6.07) is 7.64. The Morgan fingerprint density at radius 3 is 2.71 bits per heavy atom. The maximum atomic E-state index is 11.5. The molecule has 1 atom stereocenters. The van der Waals surface area contributed by atoms with E-state index in [1.54, 1.807) is 25.1 Å². The molecule has 1 heterocycles. The van der Waals surface area contributed by atoms with Crippen molar-refractivity contribution in [2.45, 2.75) is 39.2 Å². The Balaban J connectivity index is 2.04. The van der Waals surface area contributed by atoms with Crippen molar-refractivity contribution in [1.82, 2.24) is 4.90 Å². The first-order valence-corrected chi connectivity index (χ1v) is 7.64. The molecule has 1 unspecified atom stereocenters. The lowest BCUT2D eigenvalue weighted by Gasteiger charge is -2.29. The van der Waals surface area contributed by atoms with Crippen LogP contribution in [-0.2, 0) is 0 Å². The molecule has 1 N–H and O–H groups in total. The number of benzene rings is 1. The summed E-state index contributed by atoms with van der Waals surface area (Å²) in [6.45, 7) is 6.95. The Labute approximate surface area is 126 Å². The molecule has 0 radical (unpaired) electrons. The van der Waals surface area contributed by atoms with Crippen LogP contribution in [0.3, 0.4) is 0 Å². The highest BCUT2D eigenvalue weighted by Crippen LogP contribution is 2.19. The summed E-state index contributed by atoms with van der Waals surface area (Å²) in [4.78, 5) is 13.9. The summed E-state index contributed by atoms with van der Waals surface area (Å²) in [5.74, 6) is 0.0197. The second kappa shape index (κ2) is 7.24. The zero-order valence-corrected chi connectivity index (χ0v) is 12.9. The molecule has 4 heteroatoms. The normalized spacial score (nSPS) is 17.0. The molecule has 1 aliphatic heterocycles. The second-order valence-electron chi connectivity index (χ2n) is 5.84. The van der Waals surface area contributed by atoms with E-state index in [1.165, 1.54) is 19.3 Å². The molecule has 0 aliphatic carbocycles. The Kier molecular flexibility index (Phi) is 5.35. The maximum Gasteiger partial charge on any atom is 0.159 e. The Bertz CT molecular complexity index is 541. The minimum atomic E-state index is 0.0197. The summed E-state index contributed by atoms with van der Waals surface area (Å²) in [7, 11) is 0. The van der Waals surface area contributed by atoms with E-state index in [0.29, 0.717) is 11.1 Å². The molecule has 0 amide bonds. The summed E-state index contributed by atoms with van der Waals surface area (Å²) in [6.07, 6.45) is 3.88. The van der Waals surface area contributed by atoms with Gasteiger partial charge in [-0.25, -0.2) is 0 Å². The van der Waals surface area contributed by atoms with Crippen LogP contribution in [0.5, 0.6) is 0 Å². The van der Waals surface area contributed by atoms with Gasteiger partial charge < -0.3 is 10.2 Å². The van der Waals surface area contributed by atoms with Crippen molar-refractivity contribution in [2.75, 3.05) is 25.0 Å². The van der Waals surface area contributed by atoms with Gasteiger partial charge in [-0.3, -0.25) is 4.79 Å². The van der Waals surface area contributed by atoms with Crippen LogP contribution in [0.25, 0.3) is 0 Å². The quantitative estimate of drug-likeness (QED) is 0.845. The number of carbonyl (C=O) groups is 1. The molecule has 0 spiro atoms. The highest BCUT2D eigenvalue weighted by molar-refractivity contribution is 5.95. The largest absolute Gasteiger partial charge is 0.380 e. The molecule has 1 aliphatic rings. The van der Waals surface area contributed by atoms with Gasteiger partial charge in [0.1, 0.15) is 6.07 Å². The number of ketones is 1. The number of nitrogens with zero attached hydrogens (tertiary/aromatic N) is 2. The van der Waals surface area contributed by atoms with Gasteiger partial charge in [0.2, 0.25) is 0 Å². The molecule has 0 saturated carbocycles. The molecule has 1 saturated heterocycles. The van der Waals surface area contributed by atoms with Gasteiger partial charge in [-0.15, -0.1) is 0 Å². The SMILES string of the molecule is CC(=O)c1ccc(C#N)c(NC(C)CN2CCCCC2)c1. The smallest absolute Gasteiger partial charge is 0.159 e. The standard InChI is InChI=1S/C17H23N3O/c1-13(12-20-8-4-3-5-9-20)19-17-10-15(14(2)21)6-7-16(17)11-18/h6-7,10,13,19H,3-5,8-9,12H2,1-2H3. The van der Waals surface area contributed by atoms with E-state index in [0.717, 1.165) is 25.3 Å². The Morgan fingerprint density at radius 2 is 2.10 bits per heavy atom. The average molecular weight is 285 g/mol. The van der Waals surface area contributed by atoms with Crippen LogP contribution >= 0.6 is 0 Å². The van der Waals surface area contributed by atoms with Crippen molar-refractivity contribution in [2.24, 2.45) is 0 Å². The van der Waals surface area contributed by atoms with E-state index in [4.69, 9.17) is 0 Å². The van der Waals surface area contributed by atoms with Gasteiger partial charge in [-0.1, -0.05) is 6.42 Å². The fourth-order valence-corrected chi connectivity index (χ4v) is 2.82. The molecule has 112 valence electrons. The number of anilines is 1. The van der Waals surface area contributed by atoms with Crippen LogP contribution in [-0.4, -0.2) is 36.4 Å². The third kappa shape index (κ3) is 4.30. The van der Waals surface area contributed by atoms with Gasteiger partial charge in [0.25, 0.3) is 0 Å². The second-order valence-corrected chi connectivity index (χ2v) is 5.84. The van der Waals surface area contributed by atoms with Gasteiger partial charge in [0, 0.05) is 18.2 Å². The monoisotopic (exact) mass is 285 g/mol. The summed E-state index contributed by atoms with van der Waals surface area (Å²) >= 11 is 0. The summed E-state index contributed by atoms with van der Waals surface area (Å²) in [5.41, 5.74) is 1.99.